The molecule has 10 heteroatoms. The Morgan fingerprint density at radius 2 is 1.85 bits per heavy atom. The number of likely N-dealkylation sites (N-methyl/N-ethyl adjacent to an activating group) is 2. The molecule has 2 aromatic heterocycles. The Balaban J connectivity index is 1.83. The molecule has 2 aliphatic rings. The fraction of sp³-hybridized carbons (Fsp3) is 0.176. The lowest BCUT2D eigenvalue weighted by atomic mass is 10.2. The van der Waals surface area contributed by atoms with Gasteiger partial charge in [-0.15, -0.1) is 10.2 Å². The summed E-state index contributed by atoms with van der Waals surface area (Å²) in [6.07, 6.45) is 3.05. The summed E-state index contributed by atoms with van der Waals surface area (Å²) >= 11 is 9.35. The van der Waals surface area contributed by atoms with Crippen LogP contribution in [0.15, 0.2) is 39.2 Å². The zero-order chi connectivity index (χ0) is 19.3. The van der Waals surface area contributed by atoms with Crippen LogP contribution in [0.1, 0.15) is 18.2 Å². The van der Waals surface area contributed by atoms with E-state index in [1.807, 2.05) is 6.92 Å². The Hall–Kier alpha value is -2.65. The van der Waals surface area contributed by atoms with Crippen molar-refractivity contribution in [2.75, 3.05) is 23.4 Å². The maximum atomic E-state index is 12.7. The molecule has 4 rings (SSSR count). The van der Waals surface area contributed by atoms with Gasteiger partial charge in [0.25, 0.3) is 11.8 Å². The lowest BCUT2D eigenvalue weighted by molar-refractivity contribution is -0.113. The molecule has 0 radical (unpaired) electrons. The molecular weight excluding hydrogens is 436 g/mol. The van der Waals surface area contributed by atoms with Gasteiger partial charge in [0.1, 0.15) is 11.5 Å². The molecule has 0 saturated carbocycles. The standard InChI is InChI=1S/C17H12BrClN6O2/c1-3-25-15-10(5-9(19)7-21-15)12(17(25)27)22-23-14-13-11(24(2)16(14)26)4-8(18)6-20-13/h4-7H,3H2,1-2H3/b22-12-,23-14?. The Labute approximate surface area is 167 Å². The first-order valence-electron chi connectivity index (χ1n) is 7.99. The van der Waals surface area contributed by atoms with Crippen LogP contribution in [0.4, 0.5) is 11.5 Å². The molecule has 0 saturated heterocycles. The summed E-state index contributed by atoms with van der Waals surface area (Å²) in [5, 5.41) is 8.54. The molecule has 0 N–H and O–H groups in total. The summed E-state index contributed by atoms with van der Waals surface area (Å²) < 4.78 is 0.743. The van der Waals surface area contributed by atoms with E-state index in [9.17, 15) is 9.59 Å². The zero-order valence-corrected chi connectivity index (χ0v) is 16.6. The first-order valence-corrected chi connectivity index (χ1v) is 9.17. The highest BCUT2D eigenvalue weighted by molar-refractivity contribution is 9.10. The number of amides is 2. The summed E-state index contributed by atoms with van der Waals surface area (Å²) in [5.74, 6) is -0.209. The molecule has 0 aromatic carbocycles. The maximum absolute atomic E-state index is 12.7. The Bertz CT molecular complexity index is 1070. The number of aromatic nitrogens is 2. The number of carbonyl (C=O) groups excluding carboxylic acids is 2. The van der Waals surface area contributed by atoms with E-state index in [4.69, 9.17) is 11.6 Å². The van der Waals surface area contributed by atoms with Crippen LogP contribution < -0.4 is 9.80 Å². The fourth-order valence-electron chi connectivity index (χ4n) is 2.98. The van der Waals surface area contributed by atoms with Gasteiger partial charge in [-0.3, -0.25) is 19.5 Å². The van der Waals surface area contributed by atoms with Crippen LogP contribution in [0.5, 0.6) is 0 Å². The van der Waals surface area contributed by atoms with Gasteiger partial charge >= 0.3 is 0 Å². The van der Waals surface area contributed by atoms with E-state index >= 15 is 0 Å². The number of rotatable bonds is 2. The molecule has 4 heterocycles. The van der Waals surface area contributed by atoms with Crippen molar-refractivity contribution in [2.24, 2.45) is 10.2 Å². The number of nitrogens with zero attached hydrogens (tertiary/aromatic N) is 6. The molecule has 8 nitrogen and oxygen atoms in total. The van der Waals surface area contributed by atoms with E-state index in [-0.39, 0.29) is 23.2 Å². The van der Waals surface area contributed by atoms with Crippen molar-refractivity contribution in [3.05, 3.63) is 45.3 Å². The molecule has 0 aliphatic carbocycles. The first kappa shape index (κ1) is 17.7. The fourth-order valence-corrected chi connectivity index (χ4v) is 3.45. The minimum absolute atomic E-state index is 0.0757. The van der Waals surface area contributed by atoms with Crippen LogP contribution in [0.25, 0.3) is 0 Å². The molecule has 0 atom stereocenters. The lowest BCUT2D eigenvalue weighted by Crippen LogP contribution is -2.30. The molecule has 2 amide bonds. The highest BCUT2D eigenvalue weighted by atomic mass is 79.9. The molecule has 2 aromatic rings. The Morgan fingerprint density at radius 3 is 2.59 bits per heavy atom. The normalized spacial score (nSPS) is 18.7. The number of hydrogen-bond donors (Lipinski definition) is 0. The van der Waals surface area contributed by atoms with E-state index < -0.39 is 0 Å². The van der Waals surface area contributed by atoms with Gasteiger partial charge in [-0.25, -0.2) is 4.98 Å². The minimum Gasteiger partial charge on any atom is -0.308 e. The van der Waals surface area contributed by atoms with Gasteiger partial charge in [0.15, 0.2) is 11.4 Å². The number of pyridine rings is 2. The molecule has 0 unspecified atom stereocenters. The van der Waals surface area contributed by atoms with Crippen LogP contribution >= 0.6 is 27.5 Å². The minimum atomic E-state index is -0.345. The summed E-state index contributed by atoms with van der Waals surface area (Å²) in [6, 6.07) is 3.39. The van der Waals surface area contributed by atoms with Crippen molar-refractivity contribution >= 4 is 62.3 Å². The number of fused-ring (bicyclic) bond motifs is 2. The number of carbonyl (C=O) groups is 2. The van der Waals surface area contributed by atoms with Gasteiger partial charge in [-0.05, 0) is 35.0 Å². The van der Waals surface area contributed by atoms with Crippen molar-refractivity contribution in [1.82, 2.24) is 9.97 Å². The van der Waals surface area contributed by atoms with E-state index in [1.165, 1.54) is 16.0 Å². The molecule has 2 aliphatic heterocycles. The monoisotopic (exact) mass is 446 g/mol. The van der Waals surface area contributed by atoms with Crippen molar-refractivity contribution in [3.63, 3.8) is 0 Å². The van der Waals surface area contributed by atoms with Crippen LogP contribution in [0.2, 0.25) is 5.02 Å². The zero-order valence-electron chi connectivity index (χ0n) is 14.3. The smallest absolute Gasteiger partial charge is 0.280 e. The van der Waals surface area contributed by atoms with Gasteiger partial charge in [-0.1, -0.05) is 11.6 Å². The van der Waals surface area contributed by atoms with E-state index in [0.717, 1.165) is 4.47 Å². The predicted molar refractivity (Wildman–Crippen MR) is 106 cm³/mol. The van der Waals surface area contributed by atoms with Crippen LogP contribution in [0.3, 0.4) is 0 Å². The third-order valence-electron chi connectivity index (χ3n) is 4.29. The third-order valence-corrected chi connectivity index (χ3v) is 4.93. The number of hydrogen-bond acceptors (Lipinski definition) is 6. The summed E-state index contributed by atoms with van der Waals surface area (Å²) in [5.41, 5.74) is 1.69. The molecular formula is C17H12BrClN6O2. The molecule has 27 heavy (non-hydrogen) atoms. The second kappa shape index (κ2) is 6.50. The van der Waals surface area contributed by atoms with E-state index in [1.54, 1.807) is 25.4 Å². The highest BCUT2D eigenvalue weighted by Crippen LogP contribution is 2.31. The molecule has 136 valence electrons. The average Bonchev–Trinajstić information content (AvgIpc) is 3.04. The summed E-state index contributed by atoms with van der Waals surface area (Å²) in [7, 11) is 1.63. The van der Waals surface area contributed by atoms with Crippen molar-refractivity contribution in [3.8, 4) is 0 Å². The maximum Gasteiger partial charge on any atom is 0.280 e. The quantitative estimate of drug-likeness (QED) is 0.661. The lowest BCUT2D eigenvalue weighted by Gasteiger charge is -2.11. The number of halogens is 2. The van der Waals surface area contributed by atoms with Gasteiger partial charge in [-0.2, -0.15) is 0 Å². The van der Waals surface area contributed by atoms with Crippen LogP contribution in [-0.4, -0.2) is 46.8 Å². The van der Waals surface area contributed by atoms with Gasteiger partial charge in [0, 0.05) is 30.5 Å². The molecule has 0 bridgehead atoms. The topological polar surface area (TPSA) is 91.1 Å². The first-order chi connectivity index (χ1) is 12.9. The largest absolute Gasteiger partial charge is 0.308 e. The second-order valence-electron chi connectivity index (χ2n) is 5.86. The Morgan fingerprint density at radius 1 is 1.11 bits per heavy atom. The van der Waals surface area contributed by atoms with Crippen LogP contribution in [0, 0.1) is 0 Å². The van der Waals surface area contributed by atoms with Gasteiger partial charge in [0.05, 0.1) is 16.3 Å². The van der Waals surface area contributed by atoms with Gasteiger partial charge in [0.2, 0.25) is 0 Å². The van der Waals surface area contributed by atoms with Crippen LogP contribution in [-0.2, 0) is 9.59 Å². The second-order valence-corrected chi connectivity index (χ2v) is 7.21. The predicted octanol–water partition coefficient (Wildman–Crippen LogP) is 2.43. The molecule has 0 spiro atoms. The third kappa shape index (κ3) is 2.74. The van der Waals surface area contributed by atoms with Crippen molar-refractivity contribution in [1.29, 1.82) is 0 Å². The van der Waals surface area contributed by atoms with E-state index in [0.29, 0.717) is 34.3 Å². The van der Waals surface area contributed by atoms with Gasteiger partial charge < -0.3 is 4.90 Å². The van der Waals surface area contributed by atoms with E-state index in [2.05, 4.69) is 36.1 Å². The summed E-state index contributed by atoms with van der Waals surface area (Å²) in [4.78, 5) is 36.6. The summed E-state index contributed by atoms with van der Waals surface area (Å²) in [6.45, 7) is 2.26. The number of anilines is 2. The van der Waals surface area contributed by atoms with Crippen molar-refractivity contribution < 1.29 is 9.59 Å². The Kier molecular flexibility index (Phi) is 4.27. The average molecular weight is 448 g/mol. The van der Waals surface area contributed by atoms with Crippen molar-refractivity contribution in [2.45, 2.75) is 6.92 Å². The highest BCUT2D eigenvalue weighted by Gasteiger charge is 2.36. The SMILES string of the molecule is CCN1C(=O)/C(=N\N=C2C(=O)N(C)c3cc(Br)cnc32)c2cc(Cl)cnc21. The molecule has 0 fully saturated rings.